The largest absolute Gasteiger partial charge is 0.478 e. The number of para-hydroxylation sites is 1. The number of rotatable bonds is 6. The molecular weight excluding hydrogens is 268 g/mol. The van der Waals surface area contributed by atoms with Gasteiger partial charge in [-0.2, -0.15) is 0 Å². The first-order chi connectivity index (χ1) is 9.97. The Hall–Kier alpha value is -2.04. The zero-order valence-corrected chi connectivity index (χ0v) is 12.5. The molecule has 2 rings (SSSR count). The van der Waals surface area contributed by atoms with Gasteiger partial charge in [0.25, 0.3) is 0 Å². The lowest BCUT2D eigenvalue weighted by molar-refractivity contribution is 0.0698. The van der Waals surface area contributed by atoms with Crippen LogP contribution in [0.4, 0.5) is 10.5 Å². The fourth-order valence-corrected chi connectivity index (χ4v) is 2.66. The fraction of sp³-hybridized carbons (Fsp3) is 0.500. The van der Waals surface area contributed by atoms with E-state index in [1.165, 1.54) is 6.07 Å². The molecule has 3 N–H and O–H groups in total. The van der Waals surface area contributed by atoms with Crippen LogP contribution in [-0.2, 0) is 0 Å². The van der Waals surface area contributed by atoms with E-state index < -0.39 is 5.97 Å². The van der Waals surface area contributed by atoms with Crippen LogP contribution >= 0.6 is 0 Å². The van der Waals surface area contributed by atoms with Crippen LogP contribution in [0.5, 0.6) is 0 Å². The van der Waals surface area contributed by atoms with E-state index in [9.17, 15) is 14.7 Å². The molecule has 0 heterocycles. The molecule has 0 aliphatic heterocycles. The van der Waals surface area contributed by atoms with Crippen molar-refractivity contribution in [1.82, 2.24) is 5.32 Å². The molecule has 1 aliphatic rings. The number of hydrogen-bond donors (Lipinski definition) is 3. The van der Waals surface area contributed by atoms with Gasteiger partial charge in [-0.15, -0.1) is 0 Å². The van der Waals surface area contributed by atoms with E-state index in [1.54, 1.807) is 19.1 Å². The molecule has 21 heavy (non-hydrogen) atoms. The number of carboxylic acid groups (broad SMARTS) is 1. The Morgan fingerprint density at radius 3 is 2.62 bits per heavy atom. The van der Waals surface area contributed by atoms with Gasteiger partial charge in [0.2, 0.25) is 0 Å². The third-order valence-electron chi connectivity index (χ3n) is 4.10. The number of aromatic carboxylic acids is 1. The molecule has 1 aliphatic carbocycles. The van der Waals surface area contributed by atoms with E-state index in [0.717, 1.165) is 31.2 Å². The second-order valence-electron chi connectivity index (χ2n) is 5.86. The highest BCUT2D eigenvalue weighted by Crippen LogP contribution is 2.48. The van der Waals surface area contributed by atoms with Crippen LogP contribution in [0.15, 0.2) is 18.2 Å². The number of nitrogens with one attached hydrogen (secondary N) is 2. The first kappa shape index (κ1) is 15.4. The van der Waals surface area contributed by atoms with Gasteiger partial charge in [-0.1, -0.05) is 25.5 Å². The predicted molar refractivity (Wildman–Crippen MR) is 81.7 cm³/mol. The van der Waals surface area contributed by atoms with Crippen molar-refractivity contribution in [2.45, 2.75) is 39.5 Å². The third-order valence-corrected chi connectivity index (χ3v) is 4.10. The maximum absolute atomic E-state index is 12.0. The number of aryl methyl sites for hydroxylation is 1. The normalized spacial score (nSPS) is 15.3. The average Bonchev–Trinajstić information content (AvgIpc) is 3.19. The van der Waals surface area contributed by atoms with E-state index in [4.69, 9.17) is 0 Å². The number of carbonyl (C=O) groups excluding carboxylic acids is 1. The van der Waals surface area contributed by atoms with E-state index in [2.05, 4.69) is 17.6 Å². The Morgan fingerprint density at radius 2 is 2.05 bits per heavy atom. The lowest BCUT2D eigenvalue weighted by Gasteiger charge is -2.16. The number of carboxylic acids is 1. The molecule has 0 unspecified atom stereocenters. The van der Waals surface area contributed by atoms with Crippen LogP contribution in [-0.4, -0.2) is 23.7 Å². The van der Waals surface area contributed by atoms with Crippen LogP contribution < -0.4 is 10.6 Å². The zero-order valence-electron chi connectivity index (χ0n) is 12.5. The third kappa shape index (κ3) is 3.74. The van der Waals surface area contributed by atoms with Gasteiger partial charge >= 0.3 is 12.0 Å². The van der Waals surface area contributed by atoms with Gasteiger partial charge in [-0.25, -0.2) is 9.59 Å². The highest BCUT2D eigenvalue weighted by Gasteiger charge is 2.41. The lowest BCUT2D eigenvalue weighted by Crippen LogP contribution is -2.34. The maximum Gasteiger partial charge on any atom is 0.337 e. The molecule has 0 radical (unpaired) electrons. The Labute approximate surface area is 124 Å². The Bertz CT molecular complexity index is 550. The van der Waals surface area contributed by atoms with Crippen molar-refractivity contribution in [3.8, 4) is 0 Å². The van der Waals surface area contributed by atoms with Gasteiger partial charge in [0.15, 0.2) is 0 Å². The predicted octanol–water partition coefficient (Wildman–Crippen LogP) is 3.40. The molecule has 1 saturated carbocycles. The molecule has 0 aromatic heterocycles. The van der Waals surface area contributed by atoms with Crippen LogP contribution in [0.3, 0.4) is 0 Å². The van der Waals surface area contributed by atoms with E-state index in [0.29, 0.717) is 12.2 Å². The standard InChI is InChI=1S/C16H22N2O3/c1-3-7-16(8-9-16)10-17-15(21)18-13-11(2)5-4-6-12(13)14(19)20/h4-6H,3,7-10H2,1-2H3,(H,19,20)(H2,17,18,21). The van der Waals surface area contributed by atoms with Gasteiger partial charge in [0.1, 0.15) is 0 Å². The topological polar surface area (TPSA) is 78.4 Å². The SMILES string of the molecule is CCCC1(CNC(=O)Nc2c(C)cccc2C(=O)O)CC1. The van der Waals surface area contributed by atoms with Crippen LogP contribution in [0.25, 0.3) is 0 Å². The fourth-order valence-electron chi connectivity index (χ4n) is 2.66. The number of amides is 2. The van der Waals surface area contributed by atoms with Gasteiger partial charge < -0.3 is 15.7 Å². The molecular formula is C16H22N2O3. The molecule has 1 aromatic carbocycles. The van der Waals surface area contributed by atoms with Crippen molar-refractivity contribution in [3.05, 3.63) is 29.3 Å². The summed E-state index contributed by atoms with van der Waals surface area (Å²) in [5.41, 5.74) is 1.48. The van der Waals surface area contributed by atoms with Crippen molar-refractivity contribution in [2.24, 2.45) is 5.41 Å². The second-order valence-corrected chi connectivity index (χ2v) is 5.86. The van der Waals surface area contributed by atoms with Crippen molar-refractivity contribution in [1.29, 1.82) is 0 Å². The van der Waals surface area contributed by atoms with Gasteiger partial charge in [0.05, 0.1) is 11.3 Å². The summed E-state index contributed by atoms with van der Waals surface area (Å²) in [6.07, 6.45) is 4.56. The van der Waals surface area contributed by atoms with Crippen molar-refractivity contribution < 1.29 is 14.7 Å². The minimum atomic E-state index is -1.04. The molecule has 5 nitrogen and oxygen atoms in total. The first-order valence-electron chi connectivity index (χ1n) is 7.35. The van der Waals surface area contributed by atoms with Crippen molar-refractivity contribution in [3.63, 3.8) is 0 Å². The second kappa shape index (κ2) is 6.16. The summed E-state index contributed by atoms with van der Waals surface area (Å²) in [6, 6.07) is 4.60. The summed E-state index contributed by atoms with van der Waals surface area (Å²) < 4.78 is 0. The maximum atomic E-state index is 12.0. The van der Waals surface area contributed by atoms with Crippen LogP contribution in [0.1, 0.15) is 48.5 Å². The van der Waals surface area contributed by atoms with Crippen molar-refractivity contribution >= 4 is 17.7 Å². The molecule has 114 valence electrons. The summed E-state index contributed by atoms with van der Waals surface area (Å²) in [4.78, 5) is 23.2. The number of urea groups is 1. The first-order valence-corrected chi connectivity index (χ1v) is 7.35. The smallest absolute Gasteiger partial charge is 0.337 e. The Kier molecular flexibility index (Phi) is 4.50. The average molecular weight is 290 g/mol. The summed E-state index contributed by atoms with van der Waals surface area (Å²) in [6.45, 7) is 4.58. The summed E-state index contributed by atoms with van der Waals surface area (Å²) in [5, 5.41) is 14.7. The van der Waals surface area contributed by atoms with Crippen molar-refractivity contribution in [2.75, 3.05) is 11.9 Å². The number of anilines is 1. The van der Waals surface area contributed by atoms with Gasteiger partial charge in [-0.05, 0) is 43.2 Å². The zero-order chi connectivity index (χ0) is 15.5. The quantitative estimate of drug-likeness (QED) is 0.751. The van der Waals surface area contributed by atoms with Crippen LogP contribution in [0, 0.1) is 12.3 Å². The van der Waals surface area contributed by atoms with Gasteiger partial charge in [-0.3, -0.25) is 0 Å². The van der Waals surface area contributed by atoms with E-state index >= 15 is 0 Å². The molecule has 0 bridgehead atoms. The summed E-state index contributed by atoms with van der Waals surface area (Å²) in [7, 11) is 0. The molecule has 0 saturated heterocycles. The van der Waals surface area contributed by atoms with Gasteiger partial charge in [0, 0.05) is 6.54 Å². The number of carbonyl (C=O) groups is 2. The molecule has 2 amide bonds. The highest BCUT2D eigenvalue weighted by atomic mass is 16.4. The highest BCUT2D eigenvalue weighted by molar-refractivity contribution is 6.00. The number of hydrogen-bond acceptors (Lipinski definition) is 2. The lowest BCUT2D eigenvalue weighted by atomic mass is 10.0. The molecule has 5 heteroatoms. The van der Waals surface area contributed by atoms with Crippen LogP contribution in [0.2, 0.25) is 0 Å². The van der Waals surface area contributed by atoms with E-state index in [1.807, 2.05) is 0 Å². The molecule has 1 aromatic rings. The molecule has 0 spiro atoms. The molecule has 0 atom stereocenters. The minimum absolute atomic E-state index is 0.111. The Morgan fingerprint density at radius 1 is 1.33 bits per heavy atom. The Balaban J connectivity index is 1.98. The monoisotopic (exact) mass is 290 g/mol. The minimum Gasteiger partial charge on any atom is -0.478 e. The molecule has 1 fully saturated rings. The summed E-state index contributed by atoms with van der Waals surface area (Å²) in [5.74, 6) is -1.04. The van der Waals surface area contributed by atoms with E-state index in [-0.39, 0.29) is 17.0 Å². The number of benzene rings is 1. The summed E-state index contributed by atoms with van der Waals surface area (Å²) >= 11 is 0.